The average molecular weight is 419 g/mol. The molecule has 3 aliphatic rings. The molecule has 10 nitrogen and oxygen atoms in total. The normalized spacial score (nSPS) is 23.7. The van der Waals surface area contributed by atoms with E-state index in [0.29, 0.717) is 12.2 Å². The molecule has 2 aliphatic carbocycles. The lowest BCUT2D eigenvalue weighted by molar-refractivity contribution is 0.0931. The van der Waals surface area contributed by atoms with E-state index in [1.807, 2.05) is 24.7 Å². The maximum atomic E-state index is 12.7. The quantitative estimate of drug-likeness (QED) is 0.658. The molecule has 0 radical (unpaired) electrons. The second kappa shape index (κ2) is 6.86. The molecule has 2 fully saturated rings. The largest absolute Gasteiger partial charge is 0.342 e. The predicted molar refractivity (Wildman–Crippen MR) is 111 cm³/mol. The molecule has 0 bridgehead atoms. The Bertz CT molecular complexity index is 1160. The number of aromatic nitrogens is 7. The molecule has 3 aromatic heterocycles. The van der Waals surface area contributed by atoms with E-state index in [1.165, 1.54) is 12.1 Å². The zero-order valence-corrected chi connectivity index (χ0v) is 17.7. The fourth-order valence-corrected chi connectivity index (χ4v) is 4.86. The highest BCUT2D eigenvalue weighted by Gasteiger charge is 2.45. The number of nitrogens with one attached hydrogen (secondary N) is 1. The van der Waals surface area contributed by atoms with E-state index in [9.17, 15) is 4.79 Å². The smallest absolute Gasteiger partial charge is 0.274 e. The summed E-state index contributed by atoms with van der Waals surface area (Å²) < 4.78 is 3.67. The van der Waals surface area contributed by atoms with Gasteiger partial charge < -0.3 is 14.8 Å². The van der Waals surface area contributed by atoms with Gasteiger partial charge in [0.05, 0.1) is 30.8 Å². The number of carbonyl (C=O) groups excluding carboxylic acids is 1. The molecule has 6 rings (SSSR count). The molecule has 3 atom stereocenters. The van der Waals surface area contributed by atoms with Crippen molar-refractivity contribution in [2.75, 3.05) is 18.0 Å². The summed E-state index contributed by atoms with van der Waals surface area (Å²) in [6.45, 7) is 4.62. The molecule has 0 aromatic carbocycles. The lowest BCUT2D eigenvalue weighted by Crippen LogP contribution is -2.27. The average Bonchev–Trinajstić information content (AvgIpc) is 3.22. The summed E-state index contributed by atoms with van der Waals surface area (Å²) in [6.07, 6.45) is 8.46. The van der Waals surface area contributed by atoms with Crippen LogP contribution in [0.3, 0.4) is 0 Å². The number of aryl methyl sites for hydroxylation is 2. The molecule has 1 saturated carbocycles. The minimum atomic E-state index is -0.231. The lowest BCUT2D eigenvalue weighted by atomic mass is 10.2. The molecule has 4 heterocycles. The Labute approximate surface area is 179 Å². The first-order chi connectivity index (χ1) is 15.0. The first kappa shape index (κ1) is 18.5. The van der Waals surface area contributed by atoms with Gasteiger partial charge in [0.25, 0.3) is 5.91 Å². The van der Waals surface area contributed by atoms with Gasteiger partial charge >= 0.3 is 0 Å². The highest BCUT2D eigenvalue weighted by atomic mass is 16.2. The van der Waals surface area contributed by atoms with Crippen molar-refractivity contribution in [2.24, 2.45) is 18.9 Å². The molecular formula is C21H25N9O. The van der Waals surface area contributed by atoms with Crippen molar-refractivity contribution in [3.8, 4) is 0 Å². The predicted octanol–water partition coefficient (Wildman–Crippen LogP) is 1.03. The molecule has 3 aromatic rings. The third-order valence-corrected chi connectivity index (χ3v) is 6.83. The Morgan fingerprint density at radius 3 is 2.90 bits per heavy atom. The van der Waals surface area contributed by atoms with E-state index in [1.54, 1.807) is 17.2 Å². The summed E-state index contributed by atoms with van der Waals surface area (Å²) in [7, 11) is 1.98. The van der Waals surface area contributed by atoms with Gasteiger partial charge in [-0.05, 0) is 38.0 Å². The Morgan fingerprint density at radius 1 is 1.26 bits per heavy atom. The Hall–Kier alpha value is -3.30. The second-order valence-corrected chi connectivity index (χ2v) is 8.99. The van der Waals surface area contributed by atoms with Gasteiger partial charge in [-0.3, -0.25) is 4.79 Å². The molecule has 160 valence electrons. The number of rotatable bonds is 5. The Balaban J connectivity index is 1.12. The van der Waals surface area contributed by atoms with Crippen molar-refractivity contribution in [2.45, 2.75) is 38.8 Å². The van der Waals surface area contributed by atoms with Crippen LogP contribution >= 0.6 is 0 Å². The molecule has 1 saturated heterocycles. The number of hydrogen-bond donors (Lipinski definition) is 1. The molecule has 1 amide bonds. The molecule has 1 aliphatic heterocycles. The number of nitrogens with zero attached hydrogens (tertiary/aromatic N) is 8. The van der Waals surface area contributed by atoms with Gasteiger partial charge in [-0.2, -0.15) is 0 Å². The Morgan fingerprint density at radius 2 is 2.10 bits per heavy atom. The number of imidazole rings is 1. The van der Waals surface area contributed by atoms with Gasteiger partial charge in [0, 0.05) is 43.3 Å². The van der Waals surface area contributed by atoms with E-state index in [4.69, 9.17) is 4.98 Å². The van der Waals surface area contributed by atoms with Crippen LogP contribution in [0.15, 0.2) is 18.7 Å². The van der Waals surface area contributed by atoms with Crippen molar-refractivity contribution >= 4 is 11.9 Å². The van der Waals surface area contributed by atoms with E-state index >= 15 is 0 Å². The lowest BCUT2D eigenvalue weighted by Gasteiger charge is -2.18. The number of carbonyl (C=O) groups is 1. The molecule has 0 spiro atoms. The maximum absolute atomic E-state index is 12.7. The van der Waals surface area contributed by atoms with Crippen molar-refractivity contribution < 1.29 is 4.79 Å². The number of hydrogen-bond acceptors (Lipinski definition) is 7. The van der Waals surface area contributed by atoms with Gasteiger partial charge in [-0.25, -0.2) is 19.6 Å². The monoisotopic (exact) mass is 419 g/mol. The topological polar surface area (TPSA) is 107 Å². The van der Waals surface area contributed by atoms with Crippen LogP contribution in [0.25, 0.3) is 0 Å². The van der Waals surface area contributed by atoms with Gasteiger partial charge in [0.2, 0.25) is 5.95 Å². The maximum Gasteiger partial charge on any atom is 0.274 e. The summed E-state index contributed by atoms with van der Waals surface area (Å²) >= 11 is 0. The standard InChI is InChI=1S/C21H25N9O/c1-12-15(6-22-21(24-12)29-7-13-5-14(13)8-29)9-30-10-17(26-27-30)20(31)25-16-3-4-18-19(16)23-11-28(18)2/h6,10-11,13-14,16H,3-5,7-9H2,1-2H3,(H,25,31)/t13?,14?,16-/m1/s1. The minimum absolute atomic E-state index is 0.0753. The molecular weight excluding hydrogens is 394 g/mol. The van der Waals surface area contributed by atoms with E-state index in [-0.39, 0.29) is 11.9 Å². The van der Waals surface area contributed by atoms with Crippen molar-refractivity contribution in [1.29, 1.82) is 0 Å². The van der Waals surface area contributed by atoms with E-state index < -0.39 is 0 Å². The summed E-state index contributed by atoms with van der Waals surface area (Å²) in [5.74, 6) is 2.27. The van der Waals surface area contributed by atoms with Crippen LogP contribution < -0.4 is 10.2 Å². The highest BCUT2D eigenvalue weighted by molar-refractivity contribution is 5.92. The number of piperidine rings is 1. The summed E-state index contributed by atoms with van der Waals surface area (Å²) in [5.41, 5.74) is 4.33. The van der Waals surface area contributed by atoms with Crippen LogP contribution in [0.1, 0.15) is 52.0 Å². The molecule has 1 N–H and O–H groups in total. The fourth-order valence-electron chi connectivity index (χ4n) is 4.86. The van der Waals surface area contributed by atoms with Gasteiger partial charge in [0.1, 0.15) is 0 Å². The first-order valence-electron chi connectivity index (χ1n) is 10.8. The van der Waals surface area contributed by atoms with Crippen LogP contribution in [0, 0.1) is 18.8 Å². The zero-order chi connectivity index (χ0) is 21.1. The van der Waals surface area contributed by atoms with Crippen LogP contribution in [0.4, 0.5) is 5.95 Å². The summed E-state index contributed by atoms with van der Waals surface area (Å²) in [6, 6.07) is -0.0753. The van der Waals surface area contributed by atoms with Crippen LogP contribution in [-0.2, 0) is 20.0 Å². The van der Waals surface area contributed by atoms with Gasteiger partial charge in [0.15, 0.2) is 5.69 Å². The van der Waals surface area contributed by atoms with Crippen LogP contribution in [-0.4, -0.2) is 53.5 Å². The van der Waals surface area contributed by atoms with E-state index in [0.717, 1.165) is 60.7 Å². The molecule has 31 heavy (non-hydrogen) atoms. The fraction of sp³-hybridized carbons (Fsp3) is 0.524. The number of anilines is 1. The highest BCUT2D eigenvalue weighted by Crippen LogP contribution is 2.45. The van der Waals surface area contributed by atoms with Crippen LogP contribution in [0.5, 0.6) is 0 Å². The van der Waals surface area contributed by atoms with Gasteiger partial charge in [-0.15, -0.1) is 5.10 Å². The van der Waals surface area contributed by atoms with Crippen LogP contribution in [0.2, 0.25) is 0 Å². The number of amides is 1. The van der Waals surface area contributed by atoms with Crippen molar-refractivity contribution in [3.05, 3.63) is 47.1 Å². The van der Waals surface area contributed by atoms with Crippen molar-refractivity contribution in [1.82, 2.24) is 39.8 Å². The SMILES string of the molecule is Cc1nc(N2CC3CC3C2)ncc1Cn1cc(C(=O)N[C@@H]2CCc3c2ncn3C)nn1. The minimum Gasteiger partial charge on any atom is -0.342 e. The third kappa shape index (κ3) is 3.26. The third-order valence-electron chi connectivity index (χ3n) is 6.83. The van der Waals surface area contributed by atoms with Crippen molar-refractivity contribution in [3.63, 3.8) is 0 Å². The number of fused-ring (bicyclic) bond motifs is 2. The van der Waals surface area contributed by atoms with E-state index in [2.05, 4.69) is 30.5 Å². The first-order valence-corrected chi connectivity index (χ1v) is 10.8. The summed E-state index contributed by atoms with van der Waals surface area (Å²) in [4.78, 5) is 28.7. The molecule has 2 unspecified atom stereocenters. The zero-order valence-electron chi connectivity index (χ0n) is 17.7. The summed E-state index contributed by atoms with van der Waals surface area (Å²) in [5, 5.41) is 11.2. The Kier molecular flexibility index (Phi) is 4.09. The second-order valence-electron chi connectivity index (χ2n) is 8.99. The molecule has 10 heteroatoms. The van der Waals surface area contributed by atoms with Gasteiger partial charge in [-0.1, -0.05) is 5.21 Å².